The van der Waals surface area contributed by atoms with E-state index in [1.54, 1.807) is 30.0 Å². The smallest absolute Gasteiger partial charge is 0.151 e. The average Bonchev–Trinajstić information content (AvgIpc) is 2.59. The number of unbranched alkanes of at least 4 members (excludes halogenated alkanes) is 9. The molecular formula is C20H30O2S. The minimum atomic E-state index is 0.631. The molecule has 23 heavy (non-hydrogen) atoms. The lowest BCUT2D eigenvalue weighted by atomic mass is 10.1. The van der Waals surface area contributed by atoms with Crippen molar-refractivity contribution < 1.29 is 9.59 Å². The Morgan fingerprint density at radius 3 is 1.74 bits per heavy atom. The summed E-state index contributed by atoms with van der Waals surface area (Å²) < 4.78 is 0. The first-order chi connectivity index (χ1) is 11.3. The zero-order valence-corrected chi connectivity index (χ0v) is 15.2. The van der Waals surface area contributed by atoms with E-state index in [2.05, 4.69) is 6.92 Å². The van der Waals surface area contributed by atoms with Gasteiger partial charge in [0.1, 0.15) is 0 Å². The molecule has 1 aromatic carbocycles. The van der Waals surface area contributed by atoms with Crippen LogP contribution in [0.4, 0.5) is 0 Å². The van der Waals surface area contributed by atoms with Crippen LogP contribution in [0.1, 0.15) is 91.8 Å². The summed E-state index contributed by atoms with van der Waals surface area (Å²) in [5.74, 6) is 0.974. The number of carbonyl (C=O) groups is 2. The Morgan fingerprint density at radius 2 is 1.26 bits per heavy atom. The number of rotatable bonds is 14. The van der Waals surface area contributed by atoms with Crippen molar-refractivity contribution in [1.82, 2.24) is 0 Å². The second-order valence-electron chi connectivity index (χ2n) is 6.03. The highest BCUT2D eigenvalue weighted by Crippen LogP contribution is 2.26. The fourth-order valence-electron chi connectivity index (χ4n) is 2.69. The molecule has 1 aromatic rings. The van der Waals surface area contributed by atoms with Crippen LogP contribution in [-0.4, -0.2) is 18.3 Å². The van der Waals surface area contributed by atoms with Crippen molar-refractivity contribution in [2.45, 2.75) is 76.0 Å². The molecule has 0 N–H and O–H groups in total. The highest BCUT2D eigenvalue weighted by Gasteiger charge is 2.07. The Morgan fingerprint density at radius 1 is 0.783 bits per heavy atom. The largest absolute Gasteiger partial charge is 0.298 e. The molecular weight excluding hydrogens is 304 g/mol. The van der Waals surface area contributed by atoms with E-state index in [9.17, 15) is 9.59 Å². The van der Waals surface area contributed by atoms with Crippen molar-refractivity contribution in [1.29, 1.82) is 0 Å². The molecule has 0 aromatic heterocycles. The molecule has 0 saturated carbocycles. The normalized spacial score (nSPS) is 10.7. The molecule has 0 saturated heterocycles. The number of aldehydes is 2. The fourth-order valence-corrected chi connectivity index (χ4v) is 3.81. The molecule has 0 radical (unpaired) electrons. The molecule has 0 atom stereocenters. The maximum Gasteiger partial charge on any atom is 0.151 e. The predicted octanol–water partition coefficient (Wildman–Crippen LogP) is 6.32. The van der Waals surface area contributed by atoms with E-state index in [1.807, 2.05) is 0 Å². The highest BCUT2D eigenvalue weighted by atomic mass is 32.2. The summed E-state index contributed by atoms with van der Waals surface area (Å²) >= 11 is 1.64. The van der Waals surface area contributed by atoms with E-state index in [0.29, 0.717) is 11.1 Å². The van der Waals surface area contributed by atoms with Crippen LogP contribution in [0.2, 0.25) is 0 Å². The van der Waals surface area contributed by atoms with Crippen LogP contribution in [0, 0.1) is 0 Å². The topological polar surface area (TPSA) is 34.1 Å². The minimum absolute atomic E-state index is 0.631. The third-order valence-electron chi connectivity index (χ3n) is 4.07. The Labute approximate surface area is 145 Å². The average molecular weight is 335 g/mol. The van der Waals surface area contributed by atoms with Gasteiger partial charge in [-0.15, -0.1) is 11.8 Å². The summed E-state index contributed by atoms with van der Waals surface area (Å²) in [5, 5.41) is 0. The molecule has 2 nitrogen and oxygen atoms in total. The number of thioether (sulfide) groups is 1. The molecule has 3 heteroatoms. The first kappa shape index (κ1) is 20.0. The van der Waals surface area contributed by atoms with E-state index in [0.717, 1.165) is 29.6 Å². The van der Waals surface area contributed by atoms with Crippen molar-refractivity contribution in [3.8, 4) is 0 Å². The summed E-state index contributed by atoms with van der Waals surface area (Å²) in [6, 6.07) is 5.32. The second-order valence-corrected chi connectivity index (χ2v) is 7.14. The van der Waals surface area contributed by atoms with Crippen molar-refractivity contribution in [2.24, 2.45) is 0 Å². The molecule has 0 amide bonds. The number of hydrogen-bond donors (Lipinski definition) is 0. The SMILES string of the molecule is CCCCCCCCCCCCSc1c(C=O)cccc1C=O. The van der Waals surface area contributed by atoms with Crippen molar-refractivity contribution in [2.75, 3.05) is 5.75 Å². The molecule has 0 heterocycles. The zero-order valence-electron chi connectivity index (χ0n) is 14.4. The Hall–Kier alpha value is -1.09. The van der Waals surface area contributed by atoms with Crippen LogP contribution in [0.15, 0.2) is 23.1 Å². The van der Waals surface area contributed by atoms with Crippen molar-refractivity contribution >= 4 is 24.3 Å². The van der Waals surface area contributed by atoms with Crippen LogP contribution in [0.25, 0.3) is 0 Å². The van der Waals surface area contributed by atoms with Crippen molar-refractivity contribution in [3.05, 3.63) is 29.3 Å². The van der Waals surface area contributed by atoms with Gasteiger partial charge in [-0.05, 0) is 12.2 Å². The van der Waals surface area contributed by atoms with Crippen LogP contribution >= 0.6 is 11.8 Å². The molecule has 128 valence electrons. The van der Waals surface area contributed by atoms with Gasteiger partial charge in [-0.1, -0.05) is 82.9 Å². The van der Waals surface area contributed by atoms with E-state index < -0.39 is 0 Å². The minimum Gasteiger partial charge on any atom is -0.298 e. The summed E-state index contributed by atoms with van der Waals surface area (Å²) in [6.07, 6.45) is 14.9. The van der Waals surface area contributed by atoms with Crippen LogP contribution in [0.5, 0.6) is 0 Å². The summed E-state index contributed by atoms with van der Waals surface area (Å²) in [7, 11) is 0. The molecule has 0 aliphatic carbocycles. The van der Waals surface area contributed by atoms with Gasteiger partial charge in [0.2, 0.25) is 0 Å². The number of carbonyl (C=O) groups excluding carboxylic acids is 2. The third kappa shape index (κ3) is 8.36. The van der Waals surface area contributed by atoms with E-state index >= 15 is 0 Å². The molecule has 0 aliphatic rings. The van der Waals surface area contributed by atoms with Gasteiger partial charge in [0.25, 0.3) is 0 Å². The molecule has 0 aliphatic heterocycles. The van der Waals surface area contributed by atoms with Gasteiger partial charge in [0.05, 0.1) is 0 Å². The number of benzene rings is 1. The molecule has 0 fully saturated rings. The quantitative estimate of drug-likeness (QED) is 0.227. The first-order valence-electron chi connectivity index (χ1n) is 8.99. The first-order valence-corrected chi connectivity index (χ1v) is 9.98. The summed E-state index contributed by atoms with van der Waals surface area (Å²) in [5.41, 5.74) is 1.26. The van der Waals surface area contributed by atoms with Gasteiger partial charge in [-0.2, -0.15) is 0 Å². The Balaban J connectivity index is 2.12. The fraction of sp³-hybridized carbons (Fsp3) is 0.600. The lowest BCUT2D eigenvalue weighted by Gasteiger charge is -2.07. The van der Waals surface area contributed by atoms with E-state index in [-0.39, 0.29) is 0 Å². The van der Waals surface area contributed by atoms with Gasteiger partial charge in [0.15, 0.2) is 12.6 Å². The maximum atomic E-state index is 11.1. The molecule has 0 spiro atoms. The standard InChI is InChI=1S/C20H30O2S/c1-2-3-4-5-6-7-8-9-10-11-15-23-20-18(16-21)13-12-14-19(20)17-22/h12-14,16-17H,2-11,15H2,1H3. The Kier molecular flexibility index (Phi) is 11.6. The van der Waals surface area contributed by atoms with Gasteiger partial charge in [-0.3, -0.25) is 9.59 Å². The van der Waals surface area contributed by atoms with E-state index in [4.69, 9.17) is 0 Å². The third-order valence-corrected chi connectivity index (χ3v) is 5.33. The van der Waals surface area contributed by atoms with Crippen LogP contribution in [0.3, 0.4) is 0 Å². The van der Waals surface area contributed by atoms with Crippen LogP contribution in [-0.2, 0) is 0 Å². The van der Waals surface area contributed by atoms with Gasteiger partial charge >= 0.3 is 0 Å². The summed E-state index contributed by atoms with van der Waals surface area (Å²) in [4.78, 5) is 23.0. The van der Waals surface area contributed by atoms with Crippen molar-refractivity contribution in [3.63, 3.8) is 0 Å². The second kappa shape index (κ2) is 13.4. The molecule has 1 rings (SSSR count). The van der Waals surface area contributed by atoms with E-state index in [1.165, 1.54) is 57.8 Å². The summed E-state index contributed by atoms with van der Waals surface area (Å²) in [6.45, 7) is 2.25. The van der Waals surface area contributed by atoms with Gasteiger partial charge < -0.3 is 0 Å². The lowest BCUT2D eigenvalue weighted by Crippen LogP contribution is -1.93. The van der Waals surface area contributed by atoms with Gasteiger partial charge in [-0.25, -0.2) is 0 Å². The zero-order chi connectivity index (χ0) is 16.8. The highest BCUT2D eigenvalue weighted by molar-refractivity contribution is 7.99. The van der Waals surface area contributed by atoms with Crippen LogP contribution < -0.4 is 0 Å². The Bertz CT molecular complexity index is 431. The lowest BCUT2D eigenvalue weighted by molar-refractivity contribution is 0.112. The molecule has 0 unspecified atom stereocenters. The molecule has 0 bridgehead atoms. The maximum absolute atomic E-state index is 11.1. The number of hydrogen-bond acceptors (Lipinski definition) is 3. The monoisotopic (exact) mass is 334 g/mol. The van der Waals surface area contributed by atoms with Gasteiger partial charge in [0, 0.05) is 16.0 Å². The predicted molar refractivity (Wildman–Crippen MR) is 99.8 cm³/mol.